The van der Waals surface area contributed by atoms with Crippen molar-refractivity contribution in [3.8, 4) is 5.75 Å². The third-order valence-corrected chi connectivity index (χ3v) is 2.91. The Kier molecular flexibility index (Phi) is 4.99. The van der Waals surface area contributed by atoms with Gasteiger partial charge < -0.3 is 20.0 Å². The third kappa shape index (κ3) is 4.11. The van der Waals surface area contributed by atoms with Gasteiger partial charge in [0.25, 0.3) is 0 Å². The highest BCUT2D eigenvalue weighted by Crippen LogP contribution is 2.20. The Balaban J connectivity index is 2.07. The number of ether oxygens (including phenoxy) is 1. The topological polar surface area (TPSA) is 61.4 Å². The van der Waals surface area contributed by atoms with Gasteiger partial charge in [-0.05, 0) is 23.8 Å². The molecule has 0 spiro atoms. The number of hydrogen-bond acceptors (Lipinski definition) is 4. The third-order valence-electron chi connectivity index (χ3n) is 2.91. The van der Waals surface area contributed by atoms with E-state index in [0.717, 1.165) is 17.0 Å². The van der Waals surface area contributed by atoms with Gasteiger partial charge in [0.1, 0.15) is 12.4 Å². The van der Waals surface area contributed by atoms with Crippen molar-refractivity contribution >= 4 is 11.7 Å². The lowest BCUT2D eigenvalue weighted by Gasteiger charge is -2.12. The van der Waals surface area contributed by atoms with E-state index >= 15 is 0 Å². The average molecular weight is 282 g/mol. The number of rotatable bonds is 7. The lowest BCUT2D eigenvalue weighted by Crippen LogP contribution is -2.22. The van der Waals surface area contributed by atoms with Crippen molar-refractivity contribution in [3.05, 3.63) is 72.3 Å². The molecule has 2 aromatic rings. The molecule has 0 radical (unpaired) electrons. The zero-order valence-corrected chi connectivity index (χ0v) is 11.5. The van der Waals surface area contributed by atoms with Crippen molar-refractivity contribution in [2.24, 2.45) is 0 Å². The molecule has 21 heavy (non-hydrogen) atoms. The predicted octanol–water partition coefficient (Wildman–Crippen LogP) is 2.23. The summed E-state index contributed by atoms with van der Waals surface area (Å²) < 4.78 is 5.57. The van der Waals surface area contributed by atoms with E-state index in [2.05, 4.69) is 11.9 Å². The molecular weight excluding hydrogens is 266 g/mol. The van der Waals surface area contributed by atoms with Crippen LogP contribution in [0.25, 0.3) is 0 Å². The highest BCUT2D eigenvalue weighted by molar-refractivity contribution is 5.87. The number of benzene rings is 2. The minimum atomic E-state index is -1.19. The van der Waals surface area contributed by atoms with E-state index in [4.69, 9.17) is 4.74 Å². The Morgan fingerprint density at radius 2 is 2.05 bits per heavy atom. The summed E-state index contributed by atoms with van der Waals surface area (Å²) in [6.45, 7) is 4.60. The van der Waals surface area contributed by atoms with Crippen LogP contribution in [0, 0.1) is 0 Å². The van der Waals surface area contributed by atoms with Crippen LogP contribution in [0.15, 0.2) is 61.2 Å². The number of carbonyl (C=O) groups is 1. The second kappa shape index (κ2) is 7.14. The van der Waals surface area contributed by atoms with E-state index in [0.29, 0.717) is 13.2 Å². The number of nitrogens with one attached hydrogen (secondary N) is 1. The van der Waals surface area contributed by atoms with Crippen LogP contribution < -0.4 is 15.2 Å². The maximum atomic E-state index is 10.8. The highest BCUT2D eigenvalue weighted by Gasteiger charge is 2.03. The molecular formula is C17H16NO3-. The number of carboxylic acid groups (broad SMARTS) is 1. The quantitative estimate of drug-likeness (QED) is 0.791. The van der Waals surface area contributed by atoms with E-state index in [9.17, 15) is 9.90 Å². The van der Waals surface area contributed by atoms with E-state index in [1.165, 1.54) is 6.07 Å². The summed E-state index contributed by atoms with van der Waals surface area (Å²) >= 11 is 0. The van der Waals surface area contributed by atoms with E-state index in [1.54, 1.807) is 24.3 Å². The van der Waals surface area contributed by atoms with Crippen LogP contribution in [-0.2, 0) is 6.54 Å². The van der Waals surface area contributed by atoms with Gasteiger partial charge in [0.15, 0.2) is 0 Å². The highest BCUT2D eigenvalue weighted by atomic mass is 16.5. The molecule has 0 aromatic heterocycles. The maximum Gasteiger partial charge on any atom is 0.124 e. The number of para-hydroxylation sites is 1. The predicted molar refractivity (Wildman–Crippen MR) is 80.2 cm³/mol. The van der Waals surface area contributed by atoms with Crippen LogP contribution in [0.5, 0.6) is 5.75 Å². The van der Waals surface area contributed by atoms with Gasteiger partial charge in [0.2, 0.25) is 0 Å². The van der Waals surface area contributed by atoms with Crippen LogP contribution in [0.4, 0.5) is 5.69 Å². The molecule has 0 saturated carbocycles. The zero-order chi connectivity index (χ0) is 15.1. The molecule has 0 aliphatic heterocycles. The summed E-state index contributed by atoms with van der Waals surface area (Å²) in [6.07, 6.45) is 1.69. The van der Waals surface area contributed by atoms with E-state index in [1.807, 2.05) is 24.3 Å². The lowest BCUT2D eigenvalue weighted by molar-refractivity contribution is -0.255. The van der Waals surface area contributed by atoms with Crippen LogP contribution >= 0.6 is 0 Å². The molecule has 1 N–H and O–H groups in total. The van der Waals surface area contributed by atoms with Gasteiger partial charge >= 0.3 is 0 Å². The van der Waals surface area contributed by atoms with Crippen LogP contribution in [-0.4, -0.2) is 12.6 Å². The molecule has 0 heterocycles. The van der Waals surface area contributed by atoms with Crippen LogP contribution in [0.2, 0.25) is 0 Å². The molecule has 108 valence electrons. The molecule has 2 aromatic carbocycles. The average Bonchev–Trinajstić information content (AvgIpc) is 2.52. The minimum absolute atomic E-state index is 0.149. The molecule has 0 aliphatic rings. The summed E-state index contributed by atoms with van der Waals surface area (Å²) in [4.78, 5) is 10.8. The fourth-order valence-corrected chi connectivity index (χ4v) is 1.89. The maximum absolute atomic E-state index is 10.8. The number of hydrogen-bond donors (Lipinski definition) is 1. The number of aromatic carboxylic acids is 1. The van der Waals surface area contributed by atoms with Crippen LogP contribution in [0.1, 0.15) is 15.9 Å². The molecule has 4 nitrogen and oxygen atoms in total. The number of carbonyl (C=O) groups excluding carboxylic acids is 1. The SMILES string of the molecule is C=CCOc1ccccc1CNc1cccc(C(=O)[O-])c1. The summed E-state index contributed by atoms with van der Waals surface area (Å²) in [5, 5.41) is 14.0. The second-order valence-electron chi connectivity index (χ2n) is 4.43. The Morgan fingerprint density at radius 3 is 2.81 bits per heavy atom. The summed E-state index contributed by atoms with van der Waals surface area (Å²) in [5.74, 6) is -0.408. The minimum Gasteiger partial charge on any atom is -0.545 e. The first-order chi connectivity index (χ1) is 10.2. The first-order valence-electron chi connectivity index (χ1n) is 6.57. The van der Waals surface area contributed by atoms with E-state index < -0.39 is 5.97 Å². The van der Waals surface area contributed by atoms with Gasteiger partial charge in [-0.1, -0.05) is 43.0 Å². The Hall–Kier alpha value is -2.75. The Labute approximate surface area is 123 Å². The second-order valence-corrected chi connectivity index (χ2v) is 4.43. The summed E-state index contributed by atoms with van der Waals surface area (Å²) in [5.41, 5.74) is 1.85. The van der Waals surface area contributed by atoms with Gasteiger partial charge in [0.05, 0.1) is 5.97 Å². The molecule has 0 bridgehead atoms. The largest absolute Gasteiger partial charge is 0.545 e. The number of carboxylic acids is 1. The summed E-state index contributed by atoms with van der Waals surface area (Å²) in [7, 11) is 0. The van der Waals surface area contributed by atoms with Crippen molar-refractivity contribution in [2.75, 3.05) is 11.9 Å². The number of anilines is 1. The standard InChI is InChI=1S/C17H17NO3/c1-2-10-21-16-9-4-3-6-14(16)12-18-15-8-5-7-13(11-15)17(19)20/h2-9,11,18H,1,10,12H2,(H,19,20)/p-1. The molecule has 0 fully saturated rings. The van der Waals surface area contributed by atoms with Gasteiger partial charge in [-0.15, -0.1) is 0 Å². The smallest absolute Gasteiger partial charge is 0.124 e. The molecule has 0 unspecified atom stereocenters. The first-order valence-corrected chi connectivity index (χ1v) is 6.57. The zero-order valence-electron chi connectivity index (χ0n) is 11.5. The van der Waals surface area contributed by atoms with Crippen molar-refractivity contribution in [1.82, 2.24) is 0 Å². The lowest BCUT2D eigenvalue weighted by atomic mass is 10.1. The fourth-order valence-electron chi connectivity index (χ4n) is 1.89. The molecule has 0 saturated heterocycles. The van der Waals surface area contributed by atoms with Gasteiger partial charge in [0, 0.05) is 17.8 Å². The van der Waals surface area contributed by atoms with Crippen molar-refractivity contribution in [2.45, 2.75) is 6.54 Å². The van der Waals surface area contributed by atoms with Gasteiger partial charge in [-0.3, -0.25) is 0 Å². The monoisotopic (exact) mass is 282 g/mol. The Morgan fingerprint density at radius 1 is 1.24 bits per heavy atom. The van der Waals surface area contributed by atoms with Gasteiger partial charge in [-0.2, -0.15) is 0 Å². The van der Waals surface area contributed by atoms with Gasteiger partial charge in [-0.25, -0.2) is 0 Å². The van der Waals surface area contributed by atoms with Crippen molar-refractivity contribution in [3.63, 3.8) is 0 Å². The molecule has 0 atom stereocenters. The van der Waals surface area contributed by atoms with Crippen molar-refractivity contribution in [1.29, 1.82) is 0 Å². The fraction of sp³-hybridized carbons (Fsp3) is 0.118. The van der Waals surface area contributed by atoms with E-state index in [-0.39, 0.29) is 5.56 Å². The molecule has 0 amide bonds. The summed E-state index contributed by atoms with van der Waals surface area (Å²) in [6, 6.07) is 14.2. The molecule has 0 aliphatic carbocycles. The normalized spacial score (nSPS) is 9.90. The van der Waals surface area contributed by atoms with Crippen LogP contribution in [0.3, 0.4) is 0 Å². The van der Waals surface area contributed by atoms with Crippen molar-refractivity contribution < 1.29 is 14.6 Å². The first kappa shape index (κ1) is 14.7. The molecule has 4 heteroatoms. The Bertz CT molecular complexity index is 637. The molecule has 2 rings (SSSR count).